The largest absolute Gasteiger partial charge is 0.497 e. The molecule has 2 rings (SSSR count). The first-order chi connectivity index (χ1) is 12.2. The summed E-state index contributed by atoms with van der Waals surface area (Å²) in [5, 5.41) is 2.88. The Balaban J connectivity index is 2.12. The summed E-state index contributed by atoms with van der Waals surface area (Å²) >= 11 is 0. The van der Waals surface area contributed by atoms with Crippen molar-refractivity contribution >= 4 is 15.7 Å². The average Bonchev–Trinajstić information content (AvgIpc) is 2.61. The molecule has 6 nitrogen and oxygen atoms in total. The van der Waals surface area contributed by atoms with E-state index in [0.717, 1.165) is 17.6 Å². The van der Waals surface area contributed by atoms with Gasteiger partial charge in [-0.1, -0.05) is 18.2 Å². The molecular weight excluding hydrogens is 352 g/mol. The number of hydrogen-bond donors (Lipinski definition) is 1. The Kier molecular flexibility index (Phi) is 6.39. The van der Waals surface area contributed by atoms with Gasteiger partial charge in [0.25, 0.3) is 5.91 Å². The molecule has 0 fully saturated rings. The summed E-state index contributed by atoms with van der Waals surface area (Å²) in [6.45, 7) is 0.390. The molecule has 0 spiro atoms. The molecule has 26 heavy (non-hydrogen) atoms. The molecular formula is C19H24N2O4S. The van der Waals surface area contributed by atoms with Crippen molar-refractivity contribution in [3.63, 3.8) is 0 Å². The second-order valence-corrected chi connectivity index (χ2v) is 8.28. The highest BCUT2D eigenvalue weighted by Gasteiger charge is 2.17. The molecule has 1 N–H and O–H groups in total. The number of amides is 1. The van der Waals surface area contributed by atoms with Gasteiger partial charge in [0.05, 0.1) is 18.0 Å². The van der Waals surface area contributed by atoms with Gasteiger partial charge in [0.15, 0.2) is 9.84 Å². The molecule has 0 radical (unpaired) electrons. The monoisotopic (exact) mass is 376 g/mol. The number of benzene rings is 2. The van der Waals surface area contributed by atoms with Gasteiger partial charge in [-0.05, 0) is 50.0 Å². The number of carbonyl (C=O) groups is 1. The maximum absolute atomic E-state index is 12.4. The van der Waals surface area contributed by atoms with Gasteiger partial charge in [-0.15, -0.1) is 0 Å². The van der Waals surface area contributed by atoms with Gasteiger partial charge in [-0.25, -0.2) is 8.42 Å². The van der Waals surface area contributed by atoms with E-state index in [1.54, 1.807) is 19.2 Å². The SMILES string of the molecule is COc1ccc(C(CNC(=O)c2cccc(S(C)(=O)=O)c2)N(C)C)cc1. The molecule has 0 saturated heterocycles. The molecule has 0 saturated carbocycles. The van der Waals surface area contributed by atoms with Crippen molar-refractivity contribution < 1.29 is 17.9 Å². The van der Waals surface area contributed by atoms with Gasteiger partial charge in [0.1, 0.15) is 5.75 Å². The van der Waals surface area contributed by atoms with E-state index in [1.165, 1.54) is 12.1 Å². The number of carbonyl (C=O) groups excluding carboxylic acids is 1. The van der Waals surface area contributed by atoms with Crippen molar-refractivity contribution in [2.24, 2.45) is 0 Å². The minimum Gasteiger partial charge on any atom is -0.497 e. The number of ether oxygens (including phenoxy) is 1. The van der Waals surface area contributed by atoms with Crippen LogP contribution in [-0.2, 0) is 9.84 Å². The summed E-state index contributed by atoms with van der Waals surface area (Å²) < 4.78 is 28.5. The van der Waals surface area contributed by atoms with Crippen molar-refractivity contribution in [3.05, 3.63) is 59.7 Å². The summed E-state index contributed by atoms with van der Waals surface area (Å²) in [6.07, 6.45) is 1.12. The molecule has 2 aromatic rings. The van der Waals surface area contributed by atoms with Crippen LogP contribution in [0.5, 0.6) is 5.75 Å². The van der Waals surface area contributed by atoms with Crippen LogP contribution in [0.3, 0.4) is 0 Å². The molecule has 140 valence electrons. The summed E-state index contributed by atoms with van der Waals surface area (Å²) in [4.78, 5) is 14.6. The first kappa shape index (κ1) is 19.9. The Morgan fingerprint density at radius 1 is 1.15 bits per heavy atom. The molecule has 1 atom stereocenters. The Morgan fingerprint density at radius 2 is 1.81 bits per heavy atom. The highest BCUT2D eigenvalue weighted by Crippen LogP contribution is 2.21. The van der Waals surface area contributed by atoms with Crippen molar-refractivity contribution in [1.29, 1.82) is 0 Å². The second-order valence-electron chi connectivity index (χ2n) is 6.26. The van der Waals surface area contributed by atoms with E-state index in [2.05, 4.69) is 5.32 Å². The smallest absolute Gasteiger partial charge is 0.251 e. The van der Waals surface area contributed by atoms with Gasteiger partial charge in [0.2, 0.25) is 0 Å². The lowest BCUT2D eigenvalue weighted by Crippen LogP contribution is -2.34. The predicted octanol–water partition coefficient (Wildman–Crippen LogP) is 2.13. The zero-order valence-corrected chi connectivity index (χ0v) is 16.2. The third-order valence-electron chi connectivity index (χ3n) is 4.10. The Bertz CT molecular complexity index is 861. The number of hydrogen-bond acceptors (Lipinski definition) is 5. The third kappa shape index (κ3) is 5.06. The Hall–Kier alpha value is -2.38. The van der Waals surface area contributed by atoms with Crippen molar-refractivity contribution in [3.8, 4) is 5.75 Å². The van der Waals surface area contributed by atoms with Crippen molar-refractivity contribution in [2.75, 3.05) is 34.0 Å². The molecule has 2 aromatic carbocycles. The first-order valence-corrected chi connectivity index (χ1v) is 10.00. The number of nitrogens with one attached hydrogen (secondary N) is 1. The third-order valence-corrected chi connectivity index (χ3v) is 5.21. The first-order valence-electron chi connectivity index (χ1n) is 8.11. The number of nitrogens with zero attached hydrogens (tertiary/aromatic N) is 1. The second kappa shape index (κ2) is 8.33. The summed E-state index contributed by atoms with van der Waals surface area (Å²) in [7, 11) is 2.13. The van der Waals surface area contributed by atoms with Crippen LogP contribution in [-0.4, -0.2) is 53.2 Å². The van der Waals surface area contributed by atoms with Crippen LogP contribution in [0.2, 0.25) is 0 Å². The molecule has 0 aliphatic heterocycles. The fraction of sp³-hybridized carbons (Fsp3) is 0.316. The topological polar surface area (TPSA) is 75.7 Å². The summed E-state index contributed by atoms with van der Waals surface area (Å²) in [5.41, 5.74) is 1.36. The fourth-order valence-corrected chi connectivity index (χ4v) is 3.25. The van der Waals surface area contributed by atoms with E-state index in [-0.39, 0.29) is 16.8 Å². The van der Waals surface area contributed by atoms with Gasteiger partial charge >= 0.3 is 0 Å². The molecule has 0 aromatic heterocycles. The standard InChI is InChI=1S/C19H24N2O4S/c1-21(2)18(14-8-10-16(25-3)11-9-14)13-20-19(22)15-6-5-7-17(12-15)26(4,23)24/h5-12,18H,13H2,1-4H3,(H,20,22). The van der Waals surface area contributed by atoms with E-state index in [9.17, 15) is 13.2 Å². The lowest BCUT2D eigenvalue weighted by molar-refractivity contribution is 0.0941. The molecule has 7 heteroatoms. The average molecular weight is 376 g/mol. The van der Waals surface area contributed by atoms with Crippen LogP contribution in [0.25, 0.3) is 0 Å². The molecule has 1 amide bonds. The van der Waals surface area contributed by atoms with Gasteiger partial charge in [-0.3, -0.25) is 4.79 Å². The van der Waals surface area contributed by atoms with Gasteiger partial charge in [-0.2, -0.15) is 0 Å². The zero-order valence-electron chi connectivity index (χ0n) is 15.4. The molecule has 0 bridgehead atoms. The Labute approximate surface area is 154 Å². The molecule has 0 aliphatic rings. The maximum atomic E-state index is 12.4. The van der Waals surface area contributed by atoms with Crippen LogP contribution in [0.1, 0.15) is 22.0 Å². The molecule has 1 unspecified atom stereocenters. The van der Waals surface area contributed by atoms with Crippen LogP contribution in [0, 0.1) is 0 Å². The van der Waals surface area contributed by atoms with Crippen molar-refractivity contribution in [2.45, 2.75) is 10.9 Å². The van der Waals surface area contributed by atoms with E-state index >= 15 is 0 Å². The number of likely N-dealkylation sites (N-methyl/N-ethyl adjacent to an activating group) is 1. The lowest BCUT2D eigenvalue weighted by Gasteiger charge is -2.25. The number of sulfone groups is 1. The normalized spacial score (nSPS) is 12.7. The van der Waals surface area contributed by atoms with Crippen LogP contribution < -0.4 is 10.1 Å². The van der Waals surface area contributed by atoms with Crippen LogP contribution in [0.4, 0.5) is 0 Å². The number of rotatable bonds is 7. The maximum Gasteiger partial charge on any atom is 0.251 e. The van der Waals surface area contributed by atoms with E-state index in [1.807, 2.05) is 43.3 Å². The summed E-state index contributed by atoms with van der Waals surface area (Å²) in [6, 6.07) is 13.7. The highest BCUT2D eigenvalue weighted by atomic mass is 32.2. The quantitative estimate of drug-likeness (QED) is 0.801. The zero-order chi connectivity index (χ0) is 19.3. The highest BCUT2D eigenvalue weighted by molar-refractivity contribution is 7.90. The summed E-state index contributed by atoms with van der Waals surface area (Å²) in [5.74, 6) is 0.462. The van der Waals surface area contributed by atoms with E-state index in [4.69, 9.17) is 4.74 Å². The van der Waals surface area contributed by atoms with Crippen molar-refractivity contribution in [1.82, 2.24) is 10.2 Å². The minimum absolute atomic E-state index is 0.0250. The van der Waals surface area contributed by atoms with Gasteiger partial charge in [0, 0.05) is 18.4 Å². The van der Waals surface area contributed by atoms with E-state index < -0.39 is 9.84 Å². The van der Waals surface area contributed by atoms with E-state index in [0.29, 0.717) is 12.1 Å². The van der Waals surface area contributed by atoms with Crippen LogP contribution >= 0.6 is 0 Å². The predicted molar refractivity (Wildman–Crippen MR) is 101 cm³/mol. The molecule has 0 heterocycles. The minimum atomic E-state index is -3.35. The molecule has 0 aliphatic carbocycles. The lowest BCUT2D eigenvalue weighted by atomic mass is 10.1. The van der Waals surface area contributed by atoms with Gasteiger partial charge < -0.3 is 15.0 Å². The van der Waals surface area contributed by atoms with Crippen LogP contribution in [0.15, 0.2) is 53.4 Å². The fourth-order valence-electron chi connectivity index (χ4n) is 2.58. The Morgan fingerprint density at radius 3 is 2.35 bits per heavy atom. The number of methoxy groups -OCH3 is 1.